The van der Waals surface area contributed by atoms with E-state index >= 15 is 0 Å². The van der Waals surface area contributed by atoms with E-state index in [1.165, 1.54) is 0 Å². The number of hydrogen-bond donors (Lipinski definition) is 1. The summed E-state index contributed by atoms with van der Waals surface area (Å²) in [7, 11) is 1.77. The number of para-hydroxylation sites is 1. The summed E-state index contributed by atoms with van der Waals surface area (Å²) in [6.07, 6.45) is 1.74. The van der Waals surface area contributed by atoms with Gasteiger partial charge in [-0.15, -0.1) is 0 Å². The number of fused-ring (bicyclic) bond motifs is 1. The zero-order chi connectivity index (χ0) is 17.4. The van der Waals surface area contributed by atoms with E-state index in [1.807, 2.05) is 35.2 Å². The maximum absolute atomic E-state index is 12.1. The molecule has 0 radical (unpaired) electrons. The molecule has 1 N–H and O–H groups in total. The molecule has 1 saturated heterocycles. The van der Waals surface area contributed by atoms with Crippen molar-refractivity contribution < 1.29 is 4.79 Å². The maximum atomic E-state index is 12.1. The van der Waals surface area contributed by atoms with Gasteiger partial charge in [0, 0.05) is 31.7 Å². The fourth-order valence-electron chi connectivity index (χ4n) is 2.97. The summed E-state index contributed by atoms with van der Waals surface area (Å²) in [6, 6.07) is 13.5. The van der Waals surface area contributed by atoms with E-state index in [0.717, 1.165) is 10.9 Å². The molecule has 1 aliphatic heterocycles. The van der Waals surface area contributed by atoms with Gasteiger partial charge >= 0.3 is 0 Å². The van der Waals surface area contributed by atoms with Crippen LogP contribution < -0.4 is 10.2 Å². The molecule has 0 atom stereocenters. The Bertz CT molecular complexity index is 996. The van der Waals surface area contributed by atoms with Crippen molar-refractivity contribution >= 4 is 22.6 Å². The molecule has 0 saturated carbocycles. The van der Waals surface area contributed by atoms with Crippen molar-refractivity contribution in [3.05, 3.63) is 53.9 Å². The first-order valence-corrected chi connectivity index (χ1v) is 7.99. The third-order valence-electron chi connectivity index (χ3n) is 4.29. The number of aromatic nitrogens is 3. The van der Waals surface area contributed by atoms with E-state index in [-0.39, 0.29) is 11.9 Å². The lowest BCUT2D eigenvalue weighted by Gasteiger charge is -2.40. The van der Waals surface area contributed by atoms with Crippen LogP contribution in [0.1, 0.15) is 16.1 Å². The quantitative estimate of drug-likeness (QED) is 0.784. The van der Waals surface area contributed by atoms with E-state index in [9.17, 15) is 10.1 Å². The fraction of sp³-hybridized carbons (Fsp3) is 0.222. The largest absolute Gasteiger partial charge is 0.351 e. The summed E-state index contributed by atoms with van der Waals surface area (Å²) >= 11 is 0. The highest BCUT2D eigenvalue weighted by atomic mass is 16.2. The smallest absolute Gasteiger partial charge is 0.272 e. The number of amides is 1. The summed E-state index contributed by atoms with van der Waals surface area (Å²) in [5.41, 5.74) is 1.81. The molecule has 0 bridgehead atoms. The minimum atomic E-state index is -0.183. The van der Waals surface area contributed by atoms with Gasteiger partial charge in [-0.2, -0.15) is 10.4 Å². The average Bonchev–Trinajstić information content (AvgIpc) is 3.03. The van der Waals surface area contributed by atoms with Crippen molar-refractivity contribution in [3.63, 3.8) is 0 Å². The fourth-order valence-corrected chi connectivity index (χ4v) is 2.97. The van der Waals surface area contributed by atoms with Crippen molar-refractivity contribution in [2.75, 3.05) is 18.0 Å². The second-order valence-electron chi connectivity index (χ2n) is 6.11. The monoisotopic (exact) mass is 332 g/mol. The number of anilines is 1. The standard InChI is InChI=1S/C18H16N6O/c1-23-7-6-16(22-23)18(25)20-14-10-24(11-14)17-13(9-19)8-12-4-2-3-5-15(12)21-17/h2-8,14H,10-11H2,1H3,(H,20,25). The molecule has 0 aliphatic carbocycles. The molecule has 25 heavy (non-hydrogen) atoms. The molecular weight excluding hydrogens is 316 g/mol. The lowest BCUT2D eigenvalue weighted by Crippen LogP contribution is -2.60. The first-order valence-electron chi connectivity index (χ1n) is 7.99. The Labute approximate surface area is 144 Å². The first kappa shape index (κ1) is 15.1. The maximum Gasteiger partial charge on any atom is 0.272 e. The minimum Gasteiger partial charge on any atom is -0.351 e. The number of carbonyl (C=O) groups is 1. The molecule has 1 aromatic carbocycles. The number of aryl methyl sites for hydroxylation is 1. The van der Waals surface area contributed by atoms with Crippen molar-refractivity contribution in [2.24, 2.45) is 7.05 Å². The molecule has 1 aliphatic rings. The third-order valence-corrected chi connectivity index (χ3v) is 4.29. The number of nitrogens with one attached hydrogen (secondary N) is 1. The Balaban J connectivity index is 1.48. The molecule has 7 nitrogen and oxygen atoms in total. The van der Waals surface area contributed by atoms with Gasteiger partial charge < -0.3 is 10.2 Å². The molecule has 1 amide bonds. The highest BCUT2D eigenvalue weighted by molar-refractivity contribution is 5.92. The molecule has 7 heteroatoms. The van der Waals surface area contributed by atoms with E-state index in [0.29, 0.717) is 30.2 Å². The Morgan fingerprint density at radius 2 is 2.12 bits per heavy atom. The zero-order valence-corrected chi connectivity index (χ0v) is 13.7. The topological polar surface area (TPSA) is 86.8 Å². The van der Waals surface area contributed by atoms with Gasteiger partial charge in [-0.3, -0.25) is 9.48 Å². The summed E-state index contributed by atoms with van der Waals surface area (Å²) < 4.78 is 1.60. The summed E-state index contributed by atoms with van der Waals surface area (Å²) in [5, 5.41) is 17.4. The van der Waals surface area contributed by atoms with Crippen LogP contribution in [0.3, 0.4) is 0 Å². The van der Waals surface area contributed by atoms with Gasteiger partial charge in [0.1, 0.15) is 17.6 Å². The summed E-state index contributed by atoms with van der Waals surface area (Å²) in [6.45, 7) is 1.25. The molecule has 4 rings (SSSR count). The van der Waals surface area contributed by atoms with Crippen LogP contribution in [0.25, 0.3) is 10.9 Å². The van der Waals surface area contributed by atoms with Crippen LogP contribution >= 0.6 is 0 Å². The summed E-state index contributed by atoms with van der Waals surface area (Å²) in [5.74, 6) is 0.488. The van der Waals surface area contributed by atoms with Crippen LogP contribution in [0.2, 0.25) is 0 Å². The zero-order valence-electron chi connectivity index (χ0n) is 13.7. The Morgan fingerprint density at radius 1 is 1.32 bits per heavy atom. The van der Waals surface area contributed by atoms with Crippen molar-refractivity contribution in [1.82, 2.24) is 20.1 Å². The van der Waals surface area contributed by atoms with E-state index in [1.54, 1.807) is 24.0 Å². The second kappa shape index (κ2) is 5.91. The molecular formula is C18H16N6O. The van der Waals surface area contributed by atoms with Crippen LogP contribution in [0.4, 0.5) is 5.82 Å². The van der Waals surface area contributed by atoms with Gasteiger partial charge in [0.2, 0.25) is 0 Å². The van der Waals surface area contributed by atoms with Crippen LogP contribution in [-0.2, 0) is 7.05 Å². The van der Waals surface area contributed by atoms with Crippen molar-refractivity contribution in [1.29, 1.82) is 5.26 Å². The van der Waals surface area contributed by atoms with Crippen LogP contribution in [0, 0.1) is 11.3 Å². The predicted molar refractivity (Wildman–Crippen MR) is 93.1 cm³/mol. The average molecular weight is 332 g/mol. The van der Waals surface area contributed by atoms with E-state index < -0.39 is 0 Å². The Morgan fingerprint density at radius 3 is 2.84 bits per heavy atom. The first-order chi connectivity index (χ1) is 12.1. The van der Waals surface area contributed by atoms with Gasteiger partial charge in [0.05, 0.1) is 17.1 Å². The molecule has 124 valence electrons. The van der Waals surface area contributed by atoms with E-state index in [2.05, 4.69) is 21.5 Å². The lowest BCUT2D eigenvalue weighted by molar-refractivity contribution is 0.0924. The van der Waals surface area contributed by atoms with Gasteiger partial charge in [-0.1, -0.05) is 18.2 Å². The molecule has 2 aromatic heterocycles. The SMILES string of the molecule is Cn1ccc(C(=O)NC2CN(c3nc4ccccc4cc3C#N)C2)n1. The molecule has 3 heterocycles. The second-order valence-corrected chi connectivity index (χ2v) is 6.11. The van der Waals surface area contributed by atoms with Crippen LogP contribution in [-0.4, -0.2) is 39.8 Å². The number of carbonyl (C=O) groups excluding carboxylic acids is 1. The van der Waals surface area contributed by atoms with E-state index in [4.69, 9.17) is 0 Å². The summed E-state index contributed by atoms with van der Waals surface area (Å²) in [4.78, 5) is 18.8. The highest BCUT2D eigenvalue weighted by Gasteiger charge is 2.31. The highest BCUT2D eigenvalue weighted by Crippen LogP contribution is 2.26. The van der Waals surface area contributed by atoms with Gasteiger partial charge in [-0.05, 0) is 18.2 Å². The van der Waals surface area contributed by atoms with Crippen molar-refractivity contribution in [3.8, 4) is 6.07 Å². The number of rotatable bonds is 3. The Hall–Kier alpha value is -3.40. The van der Waals surface area contributed by atoms with Crippen molar-refractivity contribution in [2.45, 2.75) is 6.04 Å². The van der Waals surface area contributed by atoms with Crippen LogP contribution in [0.5, 0.6) is 0 Å². The number of hydrogen-bond acceptors (Lipinski definition) is 5. The number of nitrogens with zero attached hydrogens (tertiary/aromatic N) is 5. The molecule has 0 spiro atoms. The number of pyridine rings is 1. The molecule has 3 aromatic rings. The Kier molecular flexibility index (Phi) is 3.58. The van der Waals surface area contributed by atoms with Gasteiger partial charge in [0.15, 0.2) is 0 Å². The normalized spacial score (nSPS) is 14.2. The van der Waals surface area contributed by atoms with Gasteiger partial charge in [0.25, 0.3) is 5.91 Å². The number of benzene rings is 1. The van der Waals surface area contributed by atoms with Gasteiger partial charge in [-0.25, -0.2) is 4.98 Å². The molecule has 0 unspecified atom stereocenters. The molecule has 1 fully saturated rings. The number of nitriles is 1. The third kappa shape index (κ3) is 2.78. The lowest BCUT2D eigenvalue weighted by atomic mass is 10.1. The predicted octanol–water partition coefficient (Wildman–Crippen LogP) is 1.46. The van der Waals surface area contributed by atoms with Crippen LogP contribution in [0.15, 0.2) is 42.6 Å². The minimum absolute atomic E-state index is 0.0225.